The summed E-state index contributed by atoms with van der Waals surface area (Å²) >= 11 is 1.64. The van der Waals surface area contributed by atoms with E-state index in [9.17, 15) is 4.79 Å². The van der Waals surface area contributed by atoms with Crippen molar-refractivity contribution in [2.24, 2.45) is 0 Å². The summed E-state index contributed by atoms with van der Waals surface area (Å²) in [7, 11) is 0. The molecule has 1 aromatic heterocycles. The van der Waals surface area contributed by atoms with E-state index in [2.05, 4.69) is 4.98 Å². The molecule has 3 nitrogen and oxygen atoms in total. The van der Waals surface area contributed by atoms with Gasteiger partial charge in [-0.25, -0.2) is 4.79 Å². The lowest BCUT2D eigenvalue weighted by molar-refractivity contribution is -0.132. The number of hydrogen-bond acceptors (Lipinski definition) is 3. The van der Waals surface area contributed by atoms with Crippen LogP contribution < -0.4 is 0 Å². The highest BCUT2D eigenvalue weighted by molar-refractivity contribution is 7.99. The van der Waals surface area contributed by atoms with Crippen molar-refractivity contribution in [2.45, 2.75) is 16.7 Å². The van der Waals surface area contributed by atoms with E-state index in [-0.39, 0.29) is 12.4 Å². The topological polar surface area (TPSA) is 50.2 Å². The van der Waals surface area contributed by atoms with Crippen molar-refractivity contribution in [3.05, 3.63) is 59.9 Å². The van der Waals surface area contributed by atoms with Crippen molar-refractivity contribution < 1.29 is 9.90 Å². The van der Waals surface area contributed by atoms with Gasteiger partial charge in [-0.05, 0) is 42.8 Å². The van der Waals surface area contributed by atoms with Gasteiger partial charge in [0.25, 0.3) is 0 Å². The Morgan fingerprint density at radius 3 is 2.20 bits per heavy atom. The number of aromatic nitrogens is 1. The molecule has 0 saturated heterocycles. The third kappa shape index (κ3) is 4.72. The number of hydrogen-bond donors (Lipinski definition) is 1. The predicted molar refractivity (Wildman–Crippen MR) is 83.3 cm³/mol. The Morgan fingerprint density at radius 2 is 1.65 bits per heavy atom. The van der Waals surface area contributed by atoms with Gasteiger partial charge in [-0.2, -0.15) is 0 Å². The van der Waals surface area contributed by atoms with E-state index in [1.54, 1.807) is 37.2 Å². The summed E-state index contributed by atoms with van der Waals surface area (Å²) in [5.41, 5.74) is 1.22. The van der Waals surface area contributed by atoms with Gasteiger partial charge in [0.2, 0.25) is 0 Å². The van der Waals surface area contributed by atoms with Crippen LogP contribution in [0, 0.1) is 0 Å². The van der Waals surface area contributed by atoms with Crippen LogP contribution in [0.15, 0.2) is 64.2 Å². The summed E-state index contributed by atoms with van der Waals surface area (Å²) in [6.07, 6.45) is 5.18. The zero-order chi connectivity index (χ0) is 13.7. The zero-order valence-electron chi connectivity index (χ0n) is 10.8. The van der Waals surface area contributed by atoms with E-state index >= 15 is 0 Å². The van der Waals surface area contributed by atoms with E-state index in [1.807, 2.05) is 36.4 Å². The van der Waals surface area contributed by atoms with E-state index in [1.165, 1.54) is 0 Å². The first-order valence-corrected chi connectivity index (χ1v) is 6.56. The summed E-state index contributed by atoms with van der Waals surface area (Å²) < 4.78 is 0. The normalized spacial score (nSPS) is 10.8. The molecule has 0 saturated carbocycles. The lowest BCUT2D eigenvalue weighted by atomic mass is 10.1. The number of rotatable bonds is 4. The smallest absolute Gasteiger partial charge is 0.331 e. The lowest BCUT2D eigenvalue weighted by Gasteiger charge is -2.02. The fourth-order valence-corrected chi connectivity index (χ4v) is 2.29. The van der Waals surface area contributed by atoms with E-state index in [4.69, 9.17) is 5.11 Å². The maximum atomic E-state index is 10.7. The number of aliphatic carboxylic acids is 1. The highest BCUT2D eigenvalue weighted by Crippen LogP contribution is 2.27. The number of carbonyl (C=O) groups is 1. The monoisotopic (exact) mass is 307 g/mol. The fraction of sp³-hybridized carbons (Fsp3) is 0.0667. The lowest BCUT2D eigenvalue weighted by Crippen LogP contribution is -1.95. The molecule has 0 aliphatic heterocycles. The summed E-state index contributed by atoms with van der Waals surface area (Å²) in [5.74, 6) is -0.893. The first kappa shape index (κ1) is 16.3. The van der Waals surface area contributed by atoms with Crippen molar-refractivity contribution in [1.82, 2.24) is 4.98 Å². The molecule has 0 aliphatic carbocycles. The minimum Gasteiger partial charge on any atom is -0.478 e. The van der Waals surface area contributed by atoms with Gasteiger partial charge < -0.3 is 5.11 Å². The van der Waals surface area contributed by atoms with Gasteiger partial charge in [-0.3, -0.25) is 4.98 Å². The molecule has 0 amide bonds. The standard InChI is InChI=1S/C15H13NO2S.ClH/c1-11(15(17)18)10-12-2-4-13(5-3-12)19-14-6-8-16-9-7-14;/h2-10H,1H3,(H,17,18);1H/b11-10+;. The molecule has 0 radical (unpaired) electrons. The SMILES string of the molecule is C/C(=C\c1ccc(Sc2ccncc2)cc1)C(=O)O.Cl. The highest BCUT2D eigenvalue weighted by atomic mass is 35.5. The van der Waals surface area contributed by atoms with Gasteiger partial charge in [0.1, 0.15) is 0 Å². The van der Waals surface area contributed by atoms with E-state index in [0.29, 0.717) is 5.57 Å². The largest absolute Gasteiger partial charge is 0.478 e. The van der Waals surface area contributed by atoms with Crippen molar-refractivity contribution in [3.63, 3.8) is 0 Å². The molecular weight excluding hydrogens is 294 g/mol. The Labute approximate surface area is 128 Å². The third-order valence-corrected chi connectivity index (χ3v) is 3.50. The van der Waals surface area contributed by atoms with Crippen LogP contribution in [0.1, 0.15) is 12.5 Å². The second-order valence-electron chi connectivity index (χ2n) is 3.99. The summed E-state index contributed by atoms with van der Waals surface area (Å²) in [6, 6.07) is 11.7. The van der Waals surface area contributed by atoms with Crippen LogP contribution in [0.2, 0.25) is 0 Å². The minimum atomic E-state index is -0.893. The van der Waals surface area contributed by atoms with Gasteiger partial charge in [-0.15, -0.1) is 12.4 Å². The molecule has 0 atom stereocenters. The van der Waals surface area contributed by atoms with E-state index in [0.717, 1.165) is 15.4 Å². The fourth-order valence-electron chi connectivity index (χ4n) is 1.49. The average molecular weight is 308 g/mol. The van der Waals surface area contributed by atoms with Gasteiger partial charge in [0.05, 0.1) is 0 Å². The van der Waals surface area contributed by atoms with Crippen LogP contribution in [-0.4, -0.2) is 16.1 Å². The number of nitrogens with zero attached hydrogens (tertiary/aromatic N) is 1. The summed E-state index contributed by atoms with van der Waals surface area (Å²) in [5, 5.41) is 8.81. The molecule has 5 heteroatoms. The van der Waals surface area contributed by atoms with Gasteiger partial charge in [0.15, 0.2) is 0 Å². The molecule has 2 rings (SSSR count). The molecule has 104 valence electrons. The zero-order valence-corrected chi connectivity index (χ0v) is 12.4. The van der Waals surface area contributed by atoms with Crippen LogP contribution in [0.3, 0.4) is 0 Å². The first-order chi connectivity index (χ1) is 9.15. The second kappa shape index (κ2) is 7.72. The molecule has 0 fully saturated rings. The minimum absolute atomic E-state index is 0. The van der Waals surface area contributed by atoms with Crippen LogP contribution in [-0.2, 0) is 4.79 Å². The molecule has 1 heterocycles. The first-order valence-electron chi connectivity index (χ1n) is 5.75. The predicted octanol–water partition coefficient (Wildman–Crippen LogP) is 4.14. The maximum Gasteiger partial charge on any atom is 0.331 e. The van der Waals surface area contributed by atoms with Crippen LogP contribution in [0.25, 0.3) is 6.08 Å². The number of carboxylic acid groups (broad SMARTS) is 1. The van der Waals surface area contributed by atoms with Crippen LogP contribution >= 0.6 is 24.2 Å². The molecule has 0 bridgehead atoms. The van der Waals surface area contributed by atoms with Crippen LogP contribution in [0.4, 0.5) is 0 Å². The number of benzene rings is 1. The summed E-state index contributed by atoms with van der Waals surface area (Å²) in [4.78, 5) is 16.9. The molecule has 0 spiro atoms. The molecule has 1 N–H and O–H groups in total. The Balaban J connectivity index is 0.00000200. The molecule has 2 aromatic rings. The Hall–Kier alpha value is -1.78. The van der Waals surface area contributed by atoms with Crippen molar-refractivity contribution in [2.75, 3.05) is 0 Å². The molecular formula is C15H14ClNO2S. The highest BCUT2D eigenvalue weighted by Gasteiger charge is 2.00. The molecule has 20 heavy (non-hydrogen) atoms. The van der Waals surface area contributed by atoms with Crippen LogP contribution in [0.5, 0.6) is 0 Å². The Morgan fingerprint density at radius 1 is 1.10 bits per heavy atom. The van der Waals surface area contributed by atoms with Crippen molar-refractivity contribution in [3.8, 4) is 0 Å². The Kier molecular flexibility index (Phi) is 6.28. The molecule has 0 unspecified atom stereocenters. The Bertz CT molecular complexity index is 597. The molecule has 1 aromatic carbocycles. The number of halogens is 1. The third-order valence-electron chi connectivity index (χ3n) is 2.49. The van der Waals surface area contributed by atoms with Gasteiger partial charge in [-0.1, -0.05) is 23.9 Å². The van der Waals surface area contributed by atoms with Crippen molar-refractivity contribution >= 4 is 36.2 Å². The average Bonchev–Trinajstić information content (AvgIpc) is 2.42. The van der Waals surface area contributed by atoms with Gasteiger partial charge >= 0.3 is 5.97 Å². The number of carboxylic acids is 1. The quantitative estimate of drug-likeness (QED) is 0.862. The maximum absolute atomic E-state index is 10.7. The molecule has 0 aliphatic rings. The summed E-state index contributed by atoms with van der Waals surface area (Å²) in [6.45, 7) is 1.59. The van der Waals surface area contributed by atoms with Gasteiger partial charge in [0, 0.05) is 27.8 Å². The van der Waals surface area contributed by atoms with Crippen molar-refractivity contribution in [1.29, 1.82) is 0 Å². The van der Waals surface area contributed by atoms with E-state index < -0.39 is 5.97 Å². The number of pyridine rings is 1. The second-order valence-corrected chi connectivity index (χ2v) is 5.13.